The molecule has 4 amide bonds. The molecule has 2 aliphatic heterocycles. The van der Waals surface area contributed by atoms with Gasteiger partial charge in [0.25, 0.3) is 23.4 Å². The third-order valence-corrected chi connectivity index (χ3v) is 5.98. The summed E-state index contributed by atoms with van der Waals surface area (Å²) in [5.74, 6) is -1.33. The lowest BCUT2D eigenvalue weighted by atomic mass is 10.1. The van der Waals surface area contributed by atoms with Crippen LogP contribution in [0.5, 0.6) is 0 Å². The van der Waals surface area contributed by atoms with Gasteiger partial charge < -0.3 is 9.80 Å². The van der Waals surface area contributed by atoms with Crippen LogP contribution in [0, 0.1) is 10.1 Å². The van der Waals surface area contributed by atoms with E-state index in [1.807, 2.05) is 0 Å². The quantitative estimate of drug-likeness (QED) is 0.360. The summed E-state index contributed by atoms with van der Waals surface area (Å²) in [7, 11) is 0. The van der Waals surface area contributed by atoms with Crippen LogP contribution in [0.2, 0.25) is 0 Å². The molecule has 0 saturated carbocycles. The summed E-state index contributed by atoms with van der Waals surface area (Å²) in [5, 5.41) is 11.0. The van der Waals surface area contributed by atoms with Gasteiger partial charge in [0.15, 0.2) is 0 Å². The summed E-state index contributed by atoms with van der Waals surface area (Å²) >= 11 is 0. The molecule has 176 valence electrons. The van der Waals surface area contributed by atoms with Gasteiger partial charge in [0.1, 0.15) is 0 Å². The average Bonchev–Trinajstić information content (AvgIpc) is 3.01. The highest BCUT2D eigenvalue weighted by Crippen LogP contribution is 2.27. The molecular weight excluding hydrogens is 442 g/mol. The summed E-state index contributed by atoms with van der Waals surface area (Å²) in [6.07, 6.45) is 4.19. The van der Waals surface area contributed by atoms with E-state index in [0.717, 1.165) is 11.0 Å². The number of nitrogens with zero attached hydrogens (tertiary/aromatic N) is 5. The number of carbonyl (C=O) groups is 4. The van der Waals surface area contributed by atoms with Gasteiger partial charge in [-0.05, 0) is 31.0 Å². The Morgan fingerprint density at radius 2 is 1.74 bits per heavy atom. The van der Waals surface area contributed by atoms with E-state index in [1.54, 1.807) is 28.1 Å². The lowest BCUT2D eigenvalue weighted by Gasteiger charge is -2.22. The van der Waals surface area contributed by atoms with Crippen LogP contribution in [-0.4, -0.2) is 81.0 Å². The topological polar surface area (TPSA) is 134 Å². The zero-order valence-electron chi connectivity index (χ0n) is 18.4. The molecule has 1 fully saturated rings. The highest BCUT2D eigenvalue weighted by molar-refractivity contribution is 6.21. The van der Waals surface area contributed by atoms with E-state index in [0.29, 0.717) is 38.2 Å². The van der Waals surface area contributed by atoms with Crippen LogP contribution in [0.25, 0.3) is 0 Å². The number of hydrogen-bond donors (Lipinski definition) is 0. The molecule has 0 spiro atoms. The Labute approximate surface area is 195 Å². The van der Waals surface area contributed by atoms with Crippen LogP contribution >= 0.6 is 0 Å². The zero-order valence-corrected chi connectivity index (χ0v) is 18.4. The fourth-order valence-electron chi connectivity index (χ4n) is 4.18. The molecule has 0 bridgehead atoms. The molecule has 2 aromatic rings. The molecule has 1 aromatic carbocycles. The molecular formula is C23H23N5O6. The van der Waals surface area contributed by atoms with Crippen molar-refractivity contribution in [3.8, 4) is 0 Å². The van der Waals surface area contributed by atoms with Crippen LogP contribution in [0.1, 0.15) is 50.3 Å². The number of fused-ring (bicyclic) bond motifs is 1. The number of aromatic nitrogens is 1. The van der Waals surface area contributed by atoms with Crippen molar-refractivity contribution in [1.82, 2.24) is 19.7 Å². The van der Waals surface area contributed by atoms with Gasteiger partial charge in [-0.25, -0.2) is 0 Å². The SMILES string of the molecule is O=C(CCCN1C(=O)c2ccc([N+](=O)[O-])cc2C1=O)N1CCCN(C(=O)c2cccnc2)CC1. The maximum Gasteiger partial charge on any atom is 0.270 e. The minimum Gasteiger partial charge on any atom is -0.341 e. The van der Waals surface area contributed by atoms with E-state index in [-0.39, 0.29) is 48.0 Å². The predicted octanol–water partition coefficient (Wildman–Crippen LogP) is 1.74. The molecule has 0 atom stereocenters. The van der Waals surface area contributed by atoms with E-state index in [1.165, 1.54) is 18.3 Å². The zero-order chi connectivity index (χ0) is 24.2. The molecule has 2 aliphatic rings. The first-order valence-corrected chi connectivity index (χ1v) is 11.0. The second-order valence-electron chi connectivity index (χ2n) is 8.12. The molecule has 0 radical (unpaired) electrons. The van der Waals surface area contributed by atoms with Crippen LogP contribution < -0.4 is 0 Å². The Kier molecular flexibility index (Phi) is 6.62. The molecule has 0 aliphatic carbocycles. The summed E-state index contributed by atoms with van der Waals surface area (Å²) in [5.41, 5.74) is 0.395. The second kappa shape index (κ2) is 9.77. The van der Waals surface area contributed by atoms with Crippen molar-refractivity contribution in [3.05, 3.63) is 69.5 Å². The van der Waals surface area contributed by atoms with Crippen LogP contribution in [-0.2, 0) is 4.79 Å². The van der Waals surface area contributed by atoms with Crippen molar-refractivity contribution in [2.75, 3.05) is 32.7 Å². The number of non-ortho nitro benzene ring substituents is 1. The first-order valence-electron chi connectivity index (χ1n) is 11.0. The maximum atomic E-state index is 12.7. The Hall–Kier alpha value is -4.15. The Morgan fingerprint density at radius 3 is 2.47 bits per heavy atom. The van der Waals surface area contributed by atoms with E-state index < -0.39 is 16.7 Å². The fourth-order valence-corrected chi connectivity index (χ4v) is 4.18. The second-order valence-corrected chi connectivity index (χ2v) is 8.12. The van der Waals surface area contributed by atoms with Crippen molar-refractivity contribution in [1.29, 1.82) is 0 Å². The van der Waals surface area contributed by atoms with Gasteiger partial charge in [0.2, 0.25) is 5.91 Å². The standard InChI is InChI=1S/C23H23N5O6/c29-20(25-9-3-10-26(13-12-25)21(30)16-4-1-8-24-15-16)5-2-11-27-22(31)18-7-6-17(28(33)34)14-19(18)23(27)32/h1,4,6-8,14-15H,2-3,5,9-13H2. The van der Waals surface area contributed by atoms with E-state index in [2.05, 4.69) is 4.98 Å². The van der Waals surface area contributed by atoms with Crippen molar-refractivity contribution in [3.63, 3.8) is 0 Å². The molecule has 1 aromatic heterocycles. The number of nitro benzene ring substituents is 1. The van der Waals surface area contributed by atoms with Crippen molar-refractivity contribution in [2.24, 2.45) is 0 Å². The van der Waals surface area contributed by atoms with Crippen molar-refractivity contribution in [2.45, 2.75) is 19.3 Å². The Balaban J connectivity index is 1.29. The molecule has 3 heterocycles. The fraction of sp³-hybridized carbons (Fsp3) is 0.348. The van der Waals surface area contributed by atoms with Gasteiger partial charge in [-0.3, -0.25) is 39.2 Å². The lowest BCUT2D eigenvalue weighted by molar-refractivity contribution is -0.384. The summed E-state index contributed by atoms with van der Waals surface area (Å²) in [4.78, 5) is 69.2. The monoisotopic (exact) mass is 465 g/mol. The van der Waals surface area contributed by atoms with Gasteiger partial charge in [0.05, 0.1) is 21.6 Å². The van der Waals surface area contributed by atoms with E-state index in [4.69, 9.17) is 0 Å². The molecule has 0 N–H and O–H groups in total. The van der Waals surface area contributed by atoms with Gasteiger partial charge in [-0.2, -0.15) is 0 Å². The first kappa shape index (κ1) is 23.0. The minimum absolute atomic E-state index is 0.0106. The van der Waals surface area contributed by atoms with E-state index >= 15 is 0 Å². The number of rotatable bonds is 6. The number of amides is 4. The van der Waals surface area contributed by atoms with E-state index in [9.17, 15) is 29.3 Å². The molecule has 11 heteroatoms. The third kappa shape index (κ3) is 4.63. The number of imide groups is 1. The van der Waals surface area contributed by atoms with Gasteiger partial charge in [-0.1, -0.05) is 0 Å². The first-order chi connectivity index (χ1) is 16.4. The molecule has 1 saturated heterocycles. The largest absolute Gasteiger partial charge is 0.341 e. The highest BCUT2D eigenvalue weighted by atomic mass is 16.6. The Bertz CT molecular complexity index is 1150. The predicted molar refractivity (Wildman–Crippen MR) is 119 cm³/mol. The van der Waals surface area contributed by atoms with Crippen molar-refractivity contribution >= 4 is 29.3 Å². The number of pyridine rings is 1. The lowest BCUT2D eigenvalue weighted by Crippen LogP contribution is -2.38. The highest BCUT2D eigenvalue weighted by Gasteiger charge is 2.36. The van der Waals surface area contributed by atoms with Gasteiger partial charge >= 0.3 is 0 Å². The Morgan fingerprint density at radius 1 is 1.00 bits per heavy atom. The maximum absolute atomic E-state index is 12.7. The number of nitro groups is 1. The summed E-state index contributed by atoms with van der Waals surface area (Å²) < 4.78 is 0. The van der Waals surface area contributed by atoms with Crippen LogP contribution in [0.4, 0.5) is 5.69 Å². The number of carbonyl (C=O) groups excluding carboxylic acids is 4. The normalized spacial score (nSPS) is 15.8. The van der Waals surface area contributed by atoms with Crippen molar-refractivity contribution < 1.29 is 24.1 Å². The molecule has 11 nitrogen and oxygen atoms in total. The number of hydrogen-bond acceptors (Lipinski definition) is 7. The summed E-state index contributed by atoms with van der Waals surface area (Å²) in [6.45, 7) is 1.93. The molecule has 4 rings (SSSR count). The van der Waals surface area contributed by atoms with Gasteiger partial charge in [0, 0.05) is 63.7 Å². The van der Waals surface area contributed by atoms with Crippen LogP contribution in [0.15, 0.2) is 42.7 Å². The molecule has 0 unspecified atom stereocenters. The van der Waals surface area contributed by atoms with Crippen LogP contribution in [0.3, 0.4) is 0 Å². The molecule has 34 heavy (non-hydrogen) atoms. The number of benzene rings is 1. The third-order valence-electron chi connectivity index (χ3n) is 5.98. The average molecular weight is 465 g/mol. The minimum atomic E-state index is -0.619. The van der Waals surface area contributed by atoms with Gasteiger partial charge in [-0.15, -0.1) is 0 Å². The summed E-state index contributed by atoms with van der Waals surface area (Å²) in [6, 6.07) is 7.00. The smallest absolute Gasteiger partial charge is 0.270 e.